The summed E-state index contributed by atoms with van der Waals surface area (Å²) in [4.78, 5) is 5.28. The SMILES string of the molecule is c1ccc(NC2CCN3CCCC23)c(CN2CCCC2)c1. The van der Waals surface area contributed by atoms with Crippen LogP contribution in [0, 0.1) is 0 Å². The minimum atomic E-state index is 0.659. The minimum absolute atomic E-state index is 0.659. The summed E-state index contributed by atoms with van der Waals surface area (Å²) in [6, 6.07) is 10.4. The van der Waals surface area contributed by atoms with E-state index in [-0.39, 0.29) is 0 Å². The summed E-state index contributed by atoms with van der Waals surface area (Å²) in [5.74, 6) is 0. The molecule has 3 heteroatoms. The van der Waals surface area contributed by atoms with Crippen LogP contribution >= 0.6 is 0 Å². The summed E-state index contributed by atoms with van der Waals surface area (Å²) >= 11 is 0. The average Bonchev–Trinajstić information content (AvgIpc) is 3.20. The molecule has 2 unspecified atom stereocenters. The van der Waals surface area contributed by atoms with Gasteiger partial charge < -0.3 is 5.32 Å². The van der Waals surface area contributed by atoms with Gasteiger partial charge >= 0.3 is 0 Å². The fraction of sp³-hybridized carbons (Fsp3) is 0.667. The van der Waals surface area contributed by atoms with Crippen molar-refractivity contribution in [1.82, 2.24) is 9.80 Å². The highest BCUT2D eigenvalue weighted by Crippen LogP contribution is 2.31. The lowest BCUT2D eigenvalue weighted by Crippen LogP contribution is -2.34. The number of hydrogen-bond acceptors (Lipinski definition) is 3. The largest absolute Gasteiger partial charge is 0.380 e. The van der Waals surface area contributed by atoms with Crippen LogP contribution in [0.2, 0.25) is 0 Å². The molecule has 4 rings (SSSR count). The van der Waals surface area contributed by atoms with Crippen LogP contribution in [-0.4, -0.2) is 48.1 Å². The van der Waals surface area contributed by atoms with Crippen molar-refractivity contribution in [2.45, 2.75) is 50.7 Å². The van der Waals surface area contributed by atoms with E-state index in [4.69, 9.17) is 0 Å². The van der Waals surface area contributed by atoms with Crippen LogP contribution in [0.1, 0.15) is 37.7 Å². The van der Waals surface area contributed by atoms with Gasteiger partial charge in [0.25, 0.3) is 0 Å². The van der Waals surface area contributed by atoms with Crippen molar-refractivity contribution < 1.29 is 0 Å². The van der Waals surface area contributed by atoms with Crippen LogP contribution in [-0.2, 0) is 6.54 Å². The van der Waals surface area contributed by atoms with Crippen molar-refractivity contribution in [1.29, 1.82) is 0 Å². The van der Waals surface area contributed by atoms with Gasteiger partial charge in [-0.3, -0.25) is 9.80 Å². The van der Waals surface area contributed by atoms with E-state index in [9.17, 15) is 0 Å². The number of para-hydroxylation sites is 1. The highest BCUT2D eigenvalue weighted by molar-refractivity contribution is 5.52. The average molecular weight is 285 g/mol. The van der Waals surface area contributed by atoms with Gasteiger partial charge in [0, 0.05) is 30.9 Å². The Balaban J connectivity index is 1.46. The molecular weight excluding hydrogens is 258 g/mol. The van der Waals surface area contributed by atoms with Crippen molar-refractivity contribution >= 4 is 5.69 Å². The molecule has 0 saturated carbocycles. The molecule has 3 aliphatic rings. The summed E-state index contributed by atoms with van der Waals surface area (Å²) < 4.78 is 0. The first-order valence-electron chi connectivity index (χ1n) is 8.71. The second kappa shape index (κ2) is 5.98. The van der Waals surface area contributed by atoms with Crippen LogP contribution in [0.4, 0.5) is 5.69 Å². The van der Waals surface area contributed by atoms with Gasteiger partial charge in [0.2, 0.25) is 0 Å². The van der Waals surface area contributed by atoms with E-state index in [1.807, 2.05) is 0 Å². The highest BCUT2D eigenvalue weighted by Gasteiger charge is 2.37. The molecule has 1 aromatic rings. The Hall–Kier alpha value is -1.06. The maximum absolute atomic E-state index is 3.89. The quantitative estimate of drug-likeness (QED) is 0.917. The molecule has 2 atom stereocenters. The Bertz CT molecular complexity index is 481. The molecule has 0 aromatic heterocycles. The molecule has 1 aromatic carbocycles. The number of benzene rings is 1. The van der Waals surface area contributed by atoms with Crippen LogP contribution in [0.3, 0.4) is 0 Å². The van der Waals surface area contributed by atoms with E-state index in [0.717, 1.165) is 12.6 Å². The van der Waals surface area contributed by atoms with Gasteiger partial charge in [-0.15, -0.1) is 0 Å². The van der Waals surface area contributed by atoms with Gasteiger partial charge in [-0.2, -0.15) is 0 Å². The standard InChI is InChI=1S/C18H27N3/c1-2-7-16(15(6-1)14-20-10-3-4-11-20)19-17-9-13-21-12-5-8-18(17)21/h1-2,6-7,17-19H,3-5,8-14H2. The topological polar surface area (TPSA) is 18.5 Å². The minimum Gasteiger partial charge on any atom is -0.380 e. The highest BCUT2D eigenvalue weighted by atomic mass is 15.2. The molecular formula is C18H27N3. The number of rotatable bonds is 4. The van der Waals surface area contributed by atoms with Crippen LogP contribution in [0.15, 0.2) is 24.3 Å². The first kappa shape index (κ1) is 13.6. The summed E-state index contributed by atoms with van der Waals surface area (Å²) in [7, 11) is 0. The van der Waals surface area contributed by atoms with Crippen LogP contribution in [0.5, 0.6) is 0 Å². The Kier molecular flexibility index (Phi) is 3.87. The second-order valence-electron chi connectivity index (χ2n) is 6.93. The van der Waals surface area contributed by atoms with Gasteiger partial charge in [-0.1, -0.05) is 18.2 Å². The molecule has 21 heavy (non-hydrogen) atoms. The summed E-state index contributed by atoms with van der Waals surface area (Å²) in [5.41, 5.74) is 2.86. The number of nitrogens with zero attached hydrogens (tertiary/aromatic N) is 2. The van der Waals surface area contributed by atoms with E-state index >= 15 is 0 Å². The molecule has 3 aliphatic heterocycles. The van der Waals surface area contributed by atoms with E-state index in [0.29, 0.717) is 6.04 Å². The molecule has 114 valence electrons. The zero-order valence-electron chi connectivity index (χ0n) is 12.9. The third-order valence-electron chi connectivity index (χ3n) is 5.56. The molecule has 3 heterocycles. The molecule has 0 amide bonds. The Morgan fingerprint density at radius 3 is 2.71 bits per heavy atom. The first-order chi connectivity index (χ1) is 10.4. The van der Waals surface area contributed by atoms with Gasteiger partial charge in [-0.25, -0.2) is 0 Å². The maximum Gasteiger partial charge on any atom is 0.0429 e. The van der Waals surface area contributed by atoms with Gasteiger partial charge in [0.1, 0.15) is 0 Å². The lowest BCUT2D eigenvalue weighted by atomic mass is 10.0. The molecule has 0 radical (unpaired) electrons. The number of hydrogen-bond donors (Lipinski definition) is 1. The molecule has 0 aliphatic carbocycles. The molecule has 1 N–H and O–H groups in total. The van der Waals surface area contributed by atoms with Crippen molar-refractivity contribution in [3.63, 3.8) is 0 Å². The fourth-order valence-electron chi connectivity index (χ4n) is 4.43. The zero-order chi connectivity index (χ0) is 14.1. The fourth-order valence-corrected chi connectivity index (χ4v) is 4.43. The third kappa shape index (κ3) is 2.82. The van der Waals surface area contributed by atoms with E-state index < -0.39 is 0 Å². The Morgan fingerprint density at radius 1 is 0.952 bits per heavy atom. The normalized spacial score (nSPS) is 29.9. The van der Waals surface area contributed by atoms with Crippen LogP contribution < -0.4 is 5.32 Å². The van der Waals surface area contributed by atoms with Gasteiger partial charge in [-0.05, 0) is 63.4 Å². The maximum atomic E-state index is 3.89. The van der Waals surface area contributed by atoms with Gasteiger partial charge in [0.05, 0.1) is 0 Å². The van der Waals surface area contributed by atoms with Gasteiger partial charge in [0.15, 0.2) is 0 Å². The lowest BCUT2D eigenvalue weighted by Gasteiger charge is -2.25. The smallest absolute Gasteiger partial charge is 0.0429 e. The number of nitrogens with one attached hydrogen (secondary N) is 1. The summed E-state index contributed by atoms with van der Waals surface area (Å²) in [5, 5.41) is 3.89. The molecule has 0 spiro atoms. The predicted octanol–water partition coefficient (Wildman–Crippen LogP) is 2.93. The van der Waals surface area contributed by atoms with Crippen molar-refractivity contribution in [2.75, 3.05) is 31.5 Å². The van der Waals surface area contributed by atoms with E-state index in [1.54, 1.807) is 0 Å². The molecule has 3 nitrogen and oxygen atoms in total. The van der Waals surface area contributed by atoms with Crippen molar-refractivity contribution in [3.8, 4) is 0 Å². The third-order valence-corrected chi connectivity index (χ3v) is 5.56. The predicted molar refractivity (Wildman–Crippen MR) is 87.6 cm³/mol. The Labute approximate surface area is 128 Å². The van der Waals surface area contributed by atoms with Crippen molar-refractivity contribution in [2.24, 2.45) is 0 Å². The number of likely N-dealkylation sites (tertiary alicyclic amines) is 1. The van der Waals surface area contributed by atoms with Crippen LogP contribution in [0.25, 0.3) is 0 Å². The molecule has 0 bridgehead atoms. The van der Waals surface area contributed by atoms with E-state index in [2.05, 4.69) is 39.4 Å². The molecule has 3 saturated heterocycles. The number of anilines is 1. The summed E-state index contributed by atoms with van der Waals surface area (Å²) in [6.07, 6.45) is 6.82. The monoisotopic (exact) mass is 285 g/mol. The Morgan fingerprint density at radius 2 is 1.81 bits per heavy atom. The second-order valence-corrected chi connectivity index (χ2v) is 6.93. The molecule has 3 fully saturated rings. The number of fused-ring (bicyclic) bond motifs is 1. The zero-order valence-corrected chi connectivity index (χ0v) is 12.9. The van der Waals surface area contributed by atoms with Crippen molar-refractivity contribution in [3.05, 3.63) is 29.8 Å². The first-order valence-corrected chi connectivity index (χ1v) is 8.71. The van der Waals surface area contributed by atoms with E-state index in [1.165, 1.54) is 69.5 Å². The summed E-state index contributed by atoms with van der Waals surface area (Å²) in [6.45, 7) is 6.27. The lowest BCUT2D eigenvalue weighted by molar-refractivity contribution is 0.317.